The van der Waals surface area contributed by atoms with Crippen LogP contribution in [0.1, 0.15) is 6.42 Å². The third kappa shape index (κ3) is 2.12. The summed E-state index contributed by atoms with van der Waals surface area (Å²) in [5, 5.41) is 19.8. The van der Waals surface area contributed by atoms with Crippen LogP contribution in [0, 0.1) is 16.0 Å². The summed E-state index contributed by atoms with van der Waals surface area (Å²) in [6, 6.07) is 4.83. The molecule has 1 aromatic heterocycles. The van der Waals surface area contributed by atoms with Gasteiger partial charge in [0.2, 0.25) is 0 Å². The third-order valence-corrected chi connectivity index (χ3v) is 3.39. The number of aliphatic hydroxyl groups is 1. The van der Waals surface area contributed by atoms with Gasteiger partial charge < -0.3 is 14.4 Å². The summed E-state index contributed by atoms with van der Waals surface area (Å²) in [6.07, 6.45) is 0.898. The molecule has 1 N–H and O–H groups in total. The van der Waals surface area contributed by atoms with E-state index in [-0.39, 0.29) is 18.2 Å². The van der Waals surface area contributed by atoms with Crippen molar-refractivity contribution in [2.75, 3.05) is 24.6 Å². The van der Waals surface area contributed by atoms with E-state index in [0.29, 0.717) is 23.7 Å². The molecule has 1 aromatic carbocycles. The second-order valence-corrected chi connectivity index (χ2v) is 4.69. The Kier molecular flexibility index (Phi) is 2.83. The molecule has 1 fully saturated rings. The van der Waals surface area contributed by atoms with Crippen molar-refractivity contribution in [3.8, 4) is 0 Å². The Morgan fingerprint density at radius 1 is 1.58 bits per heavy atom. The first-order chi connectivity index (χ1) is 9.17. The summed E-state index contributed by atoms with van der Waals surface area (Å²) in [7, 11) is 0. The van der Waals surface area contributed by atoms with E-state index in [2.05, 4.69) is 4.98 Å². The molecule has 0 aliphatic carbocycles. The zero-order valence-corrected chi connectivity index (χ0v) is 10.2. The predicted octanol–water partition coefficient (Wildman–Crippen LogP) is 1.55. The fourth-order valence-electron chi connectivity index (χ4n) is 2.31. The van der Waals surface area contributed by atoms with Gasteiger partial charge in [-0.3, -0.25) is 10.1 Å². The van der Waals surface area contributed by atoms with Crippen molar-refractivity contribution >= 4 is 22.8 Å². The van der Waals surface area contributed by atoms with Crippen molar-refractivity contribution in [1.29, 1.82) is 0 Å². The Morgan fingerprint density at radius 2 is 2.42 bits per heavy atom. The minimum absolute atomic E-state index is 0.00186. The zero-order valence-electron chi connectivity index (χ0n) is 10.2. The van der Waals surface area contributed by atoms with Crippen molar-refractivity contribution in [2.24, 2.45) is 5.92 Å². The highest BCUT2D eigenvalue weighted by atomic mass is 16.6. The number of nitrogens with zero attached hydrogens (tertiary/aromatic N) is 3. The molecule has 0 saturated carbocycles. The van der Waals surface area contributed by atoms with Crippen molar-refractivity contribution < 1.29 is 14.4 Å². The number of benzene rings is 1. The van der Waals surface area contributed by atoms with Gasteiger partial charge in [0.25, 0.3) is 11.7 Å². The molecule has 0 spiro atoms. The molecule has 1 aliphatic rings. The monoisotopic (exact) mass is 263 g/mol. The summed E-state index contributed by atoms with van der Waals surface area (Å²) in [6.45, 7) is 1.63. The number of hydrogen-bond donors (Lipinski definition) is 1. The van der Waals surface area contributed by atoms with Gasteiger partial charge in [-0.15, -0.1) is 0 Å². The van der Waals surface area contributed by atoms with E-state index in [9.17, 15) is 10.1 Å². The molecule has 0 radical (unpaired) electrons. The molecular weight excluding hydrogens is 250 g/mol. The summed E-state index contributed by atoms with van der Waals surface area (Å²) >= 11 is 0. The zero-order chi connectivity index (χ0) is 13.4. The average molecular weight is 263 g/mol. The number of rotatable bonds is 3. The maximum Gasteiger partial charge on any atom is 0.298 e. The van der Waals surface area contributed by atoms with Crippen LogP contribution in [-0.4, -0.2) is 34.7 Å². The third-order valence-electron chi connectivity index (χ3n) is 3.39. The Balaban J connectivity index is 1.91. The number of nitro benzene ring substituents is 1. The van der Waals surface area contributed by atoms with Crippen LogP contribution in [0.4, 0.5) is 11.7 Å². The van der Waals surface area contributed by atoms with E-state index in [1.54, 1.807) is 6.07 Å². The Labute approximate surface area is 108 Å². The van der Waals surface area contributed by atoms with E-state index in [1.165, 1.54) is 12.1 Å². The molecule has 1 atom stereocenters. The van der Waals surface area contributed by atoms with E-state index in [4.69, 9.17) is 9.52 Å². The lowest BCUT2D eigenvalue weighted by atomic mass is 10.1. The van der Waals surface area contributed by atoms with Gasteiger partial charge in [-0.05, 0) is 12.5 Å². The number of anilines is 1. The molecule has 2 aromatic rings. The summed E-state index contributed by atoms with van der Waals surface area (Å²) in [5.41, 5.74) is 1.02. The molecule has 0 amide bonds. The smallest absolute Gasteiger partial charge is 0.298 e. The molecule has 19 heavy (non-hydrogen) atoms. The first kappa shape index (κ1) is 11.9. The van der Waals surface area contributed by atoms with Crippen LogP contribution >= 0.6 is 0 Å². The van der Waals surface area contributed by atoms with Gasteiger partial charge in [-0.25, -0.2) is 0 Å². The van der Waals surface area contributed by atoms with E-state index in [0.717, 1.165) is 13.0 Å². The summed E-state index contributed by atoms with van der Waals surface area (Å²) in [5.74, 6) is 0.240. The number of oxazole rings is 1. The number of nitro groups is 1. The highest BCUT2D eigenvalue weighted by Gasteiger charge is 2.25. The fourth-order valence-corrected chi connectivity index (χ4v) is 2.31. The second kappa shape index (κ2) is 4.51. The van der Waals surface area contributed by atoms with E-state index >= 15 is 0 Å². The molecule has 1 saturated heterocycles. The van der Waals surface area contributed by atoms with Crippen LogP contribution in [-0.2, 0) is 0 Å². The Hall–Kier alpha value is -2.15. The minimum atomic E-state index is -0.453. The summed E-state index contributed by atoms with van der Waals surface area (Å²) < 4.78 is 5.59. The Morgan fingerprint density at radius 3 is 3.11 bits per heavy atom. The SMILES string of the molecule is O=[N+]([O-])c1ccc2oc(N3CC[C@@H](CO)C3)nc2c1. The molecule has 7 nitrogen and oxygen atoms in total. The lowest BCUT2D eigenvalue weighted by Gasteiger charge is -2.12. The van der Waals surface area contributed by atoms with Gasteiger partial charge in [0.05, 0.1) is 4.92 Å². The van der Waals surface area contributed by atoms with Gasteiger partial charge in [0.15, 0.2) is 5.58 Å². The molecule has 3 rings (SSSR count). The van der Waals surface area contributed by atoms with Gasteiger partial charge in [0, 0.05) is 37.7 Å². The highest BCUT2D eigenvalue weighted by molar-refractivity contribution is 5.77. The normalized spacial score (nSPS) is 19.2. The minimum Gasteiger partial charge on any atom is -0.423 e. The second-order valence-electron chi connectivity index (χ2n) is 4.69. The first-order valence-corrected chi connectivity index (χ1v) is 6.08. The highest BCUT2D eigenvalue weighted by Crippen LogP contribution is 2.28. The average Bonchev–Trinajstić information content (AvgIpc) is 3.03. The first-order valence-electron chi connectivity index (χ1n) is 6.08. The topological polar surface area (TPSA) is 92.6 Å². The lowest BCUT2D eigenvalue weighted by molar-refractivity contribution is -0.384. The largest absolute Gasteiger partial charge is 0.423 e. The Bertz CT molecular complexity index is 624. The van der Waals surface area contributed by atoms with Crippen molar-refractivity contribution in [1.82, 2.24) is 4.98 Å². The van der Waals surface area contributed by atoms with E-state index in [1.807, 2.05) is 4.90 Å². The summed E-state index contributed by atoms with van der Waals surface area (Å²) in [4.78, 5) is 16.5. The van der Waals surface area contributed by atoms with Crippen LogP contribution in [0.3, 0.4) is 0 Å². The number of aliphatic hydroxyl groups excluding tert-OH is 1. The van der Waals surface area contributed by atoms with Crippen LogP contribution < -0.4 is 4.90 Å². The van der Waals surface area contributed by atoms with Crippen LogP contribution in [0.15, 0.2) is 22.6 Å². The maximum absolute atomic E-state index is 10.7. The van der Waals surface area contributed by atoms with Crippen molar-refractivity contribution in [3.63, 3.8) is 0 Å². The fraction of sp³-hybridized carbons (Fsp3) is 0.417. The molecule has 2 heterocycles. The predicted molar refractivity (Wildman–Crippen MR) is 68.1 cm³/mol. The standard InChI is InChI=1S/C12H13N3O4/c16-7-8-3-4-14(6-8)12-13-10-5-9(15(17)18)1-2-11(10)19-12/h1-2,5,8,16H,3-4,6-7H2/t8-/m1/s1. The molecule has 0 unspecified atom stereocenters. The quantitative estimate of drug-likeness (QED) is 0.667. The molecule has 1 aliphatic heterocycles. The number of aromatic nitrogens is 1. The molecule has 7 heteroatoms. The number of hydrogen-bond acceptors (Lipinski definition) is 6. The van der Waals surface area contributed by atoms with Gasteiger partial charge in [-0.2, -0.15) is 4.98 Å². The molecule has 0 bridgehead atoms. The van der Waals surface area contributed by atoms with Gasteiger partial charge in [0.1, 0.15) is 5.52 Å². The molecular formula is C12H13N3O4. The van der Waals surface area contributed by atoms with Gasteiger partial charge in [-0.1, -0.05) is 0 Å². The maximum atomic E-state index is 10.7. The van der Waals surface area contributed by atoms with Crippen LogP contribution in [0.5, 0.6) is 0 Å². The lowest BCUT2D eigenvalue weighted by Crippen LogP contribution is -2.20. The number of non-ortho nitro benzene ring substituents is 1. The van der Waals surface area contributed by atoms with Crippen LogP contribution in [0.2, 0.25) is 0 Å². The van der Waals surface area contributed by atoms with Crippen LogP contribution in [0.25, 0.3) is 11.1 Å². The van der Waals surface area contributed by atoms with Crippen molar-refractivity contribution in [3.05, 3.63) is 28.3 Å². The van der Waals surface area contributed by atoms with Crippen molar-refractivity contribution in [2.45, 2.75) is 6.42 Å². The van der Waals surface area contributed by atoms with Gasteiger partial charge >= 0.3 is 0 Å². The number of fused-ring (bicyclic) bond motifs is 1. The van der Waals surface area contributed by atoms with E-state index < -0.39 is 4.92 Å². The molecule has 100 valence electrons.